The minimum Gasteiger partial charge on any atom is -0.285 e. The molecule has 0 saturated carbocycles. The molecule has 0 rings (SSSR count). The van der Waals surface area contributed by atoms with Gasteiger partial charge in [0, 0.05) is 0 Å². The Morgan fingerprint density at radius 3 is 1.26 bits per heavy atom. The van der Waals surface area contributed by atoms with Crippen molar-refractivity contribution in [1.82, 2.24) is 0 Å². The Morgan fingerprint density at radius 1 is 0.613 bits per heavy atom. The van der Waals surface area contributed by atoms with E-state index in [4.69, 9.17) is 0 Å². The Morgan fingerprint density at radius 2 is 0.968 bits per heavy atom. The summed E-state index contributed by atoms with van der Waals surface area (Å²) in [5, 5.41) is 0. The monoisotopic (exact) mass is 456 g/mol. The highest BCUT2D eigenvalue weighted by Gasteiger charge is 2.22. The Bertz CT molecular complexity index is 539. The van der Waals surface area contributed by atoms with Gasteiger partial charge in [-0.25, -0.2) is 4.48 Å². The van der Waals surface area contributed by atoms with Gasteiger partial charge in [-0.3, -0.25) is 4.55 Å². The molecule has 182 valence electrons. The van der Waals surface area contributed by atoms with E-state index in [2.05, 4.69) is 57.6 Å². The zero-order valence-electron chi connectivity index (χ0n) is 20.6. The molecule has 0 aliphatic carbocycles. The van der Waals surface area contributed by atoms with Gasteiger partial charge in [-0.1, -0.05) is 78.6 Å². The molecule has 4 nitrogen and oxygen atoms in total. The Kier molecular flexibility index (Phi) is 19.2. The van der Waals surface area contributed by atoms with E-state index < -0.39 is 10.1 Å². The van der Waals surface area contributed by atoms with Crippen LogP contribution in [0.25, 0.3) is 0 Å². The fourth-order valence-corrected chi connectivity index (χ4v) is 4.07. The quantitative estimate of drug-likeness (QED) is 0.108. The number of rotatable bonds is 21. The van der Waals surface area contributed by atoms with Crippen LogP contribution in [0.3, 0.4) is 0 Å². The van der Waals surface area contributed by atoms with E-state index in [0.29, 0.717) is 11.0 Å². The molecule has 0 radical (unpaired) electrons. The topological polar surface area (TPSA) is 54.4 Å². The average Bonchev–Trinajstić information content (AvgIpc) is 2.73. The number of hydrogen-bond donors (Lipinski definition) is 1. The molecule has 0 aromatic carbocycles. The maximum Gasteiger partial charge on any atom is 0.270 e. The highest BCUT2D eigenvalue weighted by atomic mass is 32.2. The maximum absolute atomic E-state index is 11.5. The van der Waals surface area contributed by atoms with Gasteiger partial charge in [-0.05, 0) is 56.8 Å². The van der Waals surface area contributed by atoms with Crippen molar-refractivity contribution >= 4 is 10.1 Å². The third-order valence-corrected chi connectivity index (χ3v) is 6.26. The summed E-state index contributed by atoms with van der Waals surface area (Å²) in [7, 11) is -4.00. The van der Waals surface area contributed by atoms with E-state index in [1.807, 2.05) is 0 Å². The van der Waals surface area contributed by atoms with Crippen LogP contribution in [0.2, 0.25) is 0 Å². The highest BCUT2D eigenvalue weighted by molar-refractivity contribution is 7.85. The van der Waals surface area contributed by atoms with E-state index in [-0.39, 0.29) is 5.75 Å². The number of unbranched alkanes of at least 4 members (excludes halogenated alkanes) is 12. The van der Waals surface area contributed by atoms with Crippen molar-refractivity contribution in [1.29, 1.82) is 0 Å². The molecule has 0 spiro atoms. The average molecular weight is 457 g/mol. The summed E-state index contributed by atoms with van der Waals surface area (Å²) in [6.45, 7) is 6.96. The van der Waals surface area contributed by atoms with Crippen molar-refractivity contribution in [2.75, 3.05) is 12.3 Å². The van der Waals surface area contributed by atoms with E-state index in [1.165, 1.54) is 57.8 Å². The third-order valence-electron chi connectivity index (χ3n) is 5.56. The van der Waals surface area contributed by atoms with Gasteiger partial charge in [-0.2, -0.15) is 8.42 Å². The van der Waals surface area contributed by atoms with E-state index in [9.17, 15) is 13.0 Å². The smallest absolute Gasteiger partial charge is 0.270 e. The Labute approximate surface area is 193 Å². The van der Waals surface area contributed by atoms with E-state index in [1.54, 1.807) is 0 Å². The van der Waals surface area contributed by atoms with Crippen molar-refractivity contribution in [3.8, 4) is 0 Å². The van der Waals surface area contributed by atoms with E-state index >= 15 is 0 Å². The van der Waals surface area contributed by atoms with Crippen LogP contribution in [-0.2, 0) is 10.1 Å². The van der Waals surface area contributed by atoms with Gasteiger partial charge in [0.25, 0.3) is 10.1 Å². The maximum atomic E-state index is 11.5. The predicted molar refractivity (Wildman–Crippen MR) is 135 cm³/mol. The Balaban J connectivity index is 5.29. The van der Waals surface area contributed by atoms with Crippen LogP contribution in [-0.4, -0.2) is 29.8 Å². The lowest BCUT2D eigenvalue weighted by Crippen LogP contribution is -2.35. The lowest BCUT2D eigenvalue weighted by Gasteiger charge is -2.26. The van der Waals surface area contributed by atoms with Crippen LogP contribution in [0.15, 0.2) is 36.8 Å². The molecule has 0 fully saturated rings. The molecular formula is C26H50NO3S+. The van der Waals surface area contributed by atoms with Gasteiger partial charge in [0.1, 0.15) is 30.9 Å². The van der Waals surface area contributed by atoms with Crippen LogP contribution in [0.5, 0.6) is 0 Å². The number of allylic oxidation sites excluding steroid dienone is 3. The Hall–Kier alpha value is -0.910. The first-order valence-corrected chi connectivity index (χ1v) is 14.4. The molecule has 0 bridgehead atoms. The van der Waals surface area contributed by atoms with Crippen LogP contribution in [0, 0.1) is 0 Å². The minimum atomic E-state index is -4.00. The summed E-state index contributed by atoms with van der Waals surface area (Å²) in [6.07, 6.45) is 30.5. The first kappa shape index (κ1) is 30.1. The normalized spacial score (nSPS) is 13.3. The van der Waals surface area contributed by atoms with Gasteiger partial charge in [0.15, 0.2) is 0 Å². The van der Waals surface area contributed by atoms with Gasteiger partial charge >= 0.3 is 0 Å². The molecule has 31 heavy (non-hydrogen) atoms. The molecule has 0 aromatic rings. The zero-order chi connectivity index (χ0) is 23.3. The first-order chi connectivity index (χ1) is 14.9. The molecule has 0 aliphatic heterocycles. The summed E-state index contributed by atoms with van der Waals surface area (Å²) in [6, 6.07) is 0. The summed E-state index contributed by atoms with van der Waals surface area (Å²) in [5.41, 5.74) is 0. The van der Waals surface area contributed by atoms with Crippen molar-refractivity contribution < 1.29 is 17.5 Å². The van der Waals surface area contributed by atoms with Crippen LogP contribution in [0.1, 0.15) is 117 Å². The molecule has 0 heterocycles. The molecule has 5 heteroatoms. The standard InChI is InChI=1S/C26H49NO3S/c1-4-7-10-13-16-19-22-27(25-26-31(28,29)30,23-20-17-14-11-8-5-2)24-21-18-15-12-9-6-3/h19-24H,4-18,25-26H2,1-3H3/p+1/b22-19+,23-20+,24-21+. The van der Waals surface area contributed by atoms with Crippen molar-refractivity contribution in [3.63, 3.8) is 0 Å². The number of nitrogens with zero attached hydrogens (tertiary/aromatic N) is 1. The first-order valence-electron chi connectivity index (χ1n) is 12.7. The molecule has 0 saturated heterocycles. The van der Waals surface area contributed by atoms with Gasteiger partial charge in [-0.15, -0.1) is 0 Å². The van der Waals surface area contributed by atoms with Crippen LogP contribution in [0.4, 0.5) is 0 Å². The second-order valence-corrected chi connectivity index (χ2v) is 10.3. The molecule has 0 aliphatic rings. The lowest BCUT2D eigenvalue weighted by atomic mass is 10.1. The second kappa shape index (κ2) is 19.8. The van der Waals surface area contributed by atoms with Crippen LogP contribution < -0.4 is 0 Å². The molecule has 0 aromatic heterocycles. The van der Waals surface area contributed by atoms with Crippen molar-refractivity contribution in [2.24, 2.45) is 0 Å². The van der Waals surface area contributed by atoms with Crippen molar-refractivity contribution in [2.45, 2.75) is 117 Å². The largest absolute Gasteiger partial charge is 0.285 e. The fourth-order valence-electron chi connectivity index (χ4n) is 3.53. The molecule has 1 N–H and O–H groups in total. The fraction of sp³-hybridized carbons (Fsp3) is 0.769. The van der Waals surface area contributed by atoms with Gasteiger partial charge in [0.05, 0.1) is 0 Å². The SMILES string of the molecule is CCCCCC/C=C/[N+](/C=C/CCCCCC)(/C=C/CCCCCC)CCS(=O)(=O)O. The number of hydrogen-bond acceptors (Lipinski definition) is 2. The summed E-state index contributed by atoms with van der Waals surface area (Å²) >= 11 is 0. The van der Waals surface area contributed by atoms with Gasteiger partial charge < -0.3 is 0 Å². The van der Waals surface area contributed by atoms with Crippen LogP contribution >= 0.6 is 0 Å². The lowest BCUT2D eigenvalue weighted by molar-refractivity contribution is -0.770. The third kappa shape index (κ3) is 19.5. The summed E-state index contributed by atoms with van der Waals surface area (Å²) in [5.74, 6) is -0.243. The summed E-state index contributed by atoms with van der Waals surface area (Å²) in [4.78, 5) is 0. The minimum absolute atomic E-state index is 0.243. The van der Waals surface area contributed by atoms with Gasteiger partial charge in [0.2, 0.25) is 0 Å². The van der Waals surface area contributed by atoms with Crippen molar-refractivity contribution in [3.05, 3.63) is 36.8 Å². The van der Waals surface area contributed by atoms with E-state index in [0.717, 1.165) is 38.5 Å². The molecular weight excluding hydrogens is 406 g/mol. The number of quaternary nitrogens is 1. The predicted octanol–water partition coefficient (Wildman–Crippen LogP) is 8.14. The second-order valence-electron chi connectivity index (χ2n) is 8.71. The highest BCUT2D eigenvalue weighted by Crippen LogP contribution is 2.17. The zero-order valence-corrected chi connectivity index (χ0v) is 21.4. The summed E-state index contributed by atoms with van der Waals surface area (Å²) < 4.78 is 32.7. The molecule has 0 unspecified atom stereocenters. The molecule has 0 amide bonds. The molecule has 0 atom stereocenters.